The largest absolute Gasteiger partial charge is 0.325 e. The van der Waals surface area contributed by atoms with Crippen LogP contribution >= 0.6 is 11.6 Å². The van der Waals surface area contributed by atoms with Crippen molar-refractivity contribution in [3.05, 3.63) is 52.8 Å². The summed E-state index contributed by atoms with van der Waals surface area (Å²) in [5, 5.41) is 10.0. The third-order valence-corrected chi connectivity index (χ3v) is 4.30. The summed E-state index contributed by atoms with van der Waals surface area (Å²) >= 11 is 5.97. The second-order valence-electron chi connectivity index (χ2n) is 5.46. The third kappa shape index (κ3) is 2.49. The minimum atomic E-state index is 0.144. The zero-order chi connectivity index (χ0) is 17.3. The molecule has 122 valence electrons. The number of hydrogen-bond donors (Lipinski definition) is 0. The van der Waals surface area contributed by atoms with Gasteiger partial charge in [0.05, 0.1) is 17.1 Å². The molecule has 3 rings (SSSR count). The minimum Gasteiger partial charge on any atom is -0.325 e. The molecule has 0 spiro atoms. The number of para-hydroxylation sites is 2. The van der Waals surface area contributed by atoms with Crippen LogP contribution in [0, 0.1) is 18.3 Å². The predicted octanol–water partition coefficient (Wildman–Crippen LogP) is 4.00. The van der Waals surface area contributed by atoms with Crippen molar-refractivity contribution >= 4 is 28.5 Å². The molecule has 0 radical (unpaired) electrons. The topological polar surface area (TPSA) is 56.1 Å². The van der Waals surface area contributed by atoms with Gasteiger partial charge in [0.25, 0.3) is 0 Å². The zero-order valence-corrected chi connectivity index (χ0v) is 14.7. The minimum absolute atomic E-state index is 0.144. The quantitative estimate of drug-likeness (QED) is 0.625. The summed E-state index contributed by atoms with van der Waals surface area (Å²) in [6.45, 7) is 7.55. The van der Waals surface area contributed by atoms with E-state index in [0.29, 0.717) is 11.3 Å². The molecule has 0 unspecified atom stereocenters. The summed E-state index contributed by atoms with van der Waals surface area (Å²) in [5.74, 6) is 0.849. The van der Waals surface area contributed by atoms with Crippen LogP contribution in [0.5, 0.6) is 0 Å². The summed E-state index contributed by atoms with van der Waals surface area (Å²) in [6.07, 6.45) is 1.65. The Morgan fingerprint density at radius 2 is 1.75 bits per heavy atom. The maximum atomic E-state index is 9.90. The number of benzene rings is 1. The average molecular weight is 340 g/mol. The Balaban J connectivity index is 2.29. The number of hydrogen-bond acceptors (Lipinski definition) is 5. The summed E-state index contributed by atoms with van der Waals surface area (Å²) in [4.78, 5) is 12.6. The molecule has 0 fully saturated rings. The van der Waals surface area contributed by atoms with E-state index in [2.05, 4.69) is 51.8 Å². The second-order valence-corrected chi connectivity index (χ2v) is 5.80. The number of halogens is 1. The van der Waals surface area contributed by atoms with Crippen LogP contribution in [0.1, 0.15) is 25.1 Å². The molecule has 0 N–H and O–H groups in total. The van der Waals surface area contributed by atoms with E-state index in [1.165, 1.54) is 0 Å². The van der Waals surface area contributed by atoms with Crippen molar-refractivity contribution in [1.29, 1.82) is 5.26 Å². The molecule has 0 atom stereocenters. The first kappa shape index (κ1) is 16.3. The molecule has 0 aliphatic carbocycles. The monoisotopic (exact) mass is 339 g/mol. The molecule has 24 heavy (non-hydrogen) atoms. The molecule has 0 bridgehead atoms. The van der Waals surface area contributed by atoms with E-state index < -0.39 is 0 Å². The molecule has 1 aromatic heterocycles. The van der Waals surface area contributed by atoms with E-state index in [1.54, 1.807) is 6.20 Å². The van der Waals surface area contributed by atoms with Gasteiger partial charge < -0.3 is 9.80 Å². The van der Waals surface area contributed by atoms with Gasteiger partial charge in [0.2, 0.25) is 5.28 Å². The number of nitriles is 1. The van der Waals surface area contributed by atoms with E-state index in [4.69, 9.17) is 11.6 Å². The Morgan fingerprint density at radius 3 is 2.25 bits per heavy atom. The highest BCUT2D eigenvalue weighted by Crippen LogP contribution is 2.43. The van der Waals surface area contributed by atoms with Gasteiger partial charge in [-0.3, -0.25) is 0 Å². The number of rotatable bonds is 3. The molecule has 0 saturated heterocycles. The van der Waals surface area contributed by atoms with Gasteiger partial charge in [-0.1, -0.05) is 12.1 Å². The van der Waals surface area contributed by atoms with E-state index in [0.717, 1.165) is 35.8 Å². The van der Waals surface area contributed by atoms with Crippen molar-refractivity contribution in [2.24, 2.45) is 0 Å². The normalized spacial score (nSPS) is 13.0. The maximum absolute atomic E-state index is 9.90. The number of fused-ring (bicyclic) bond motifs is 1. The zero-order valence-electron chi connectivity index (χ0n) is 13.9. The Hall–Kier alpha value is -2.58. The van der Waals surface area contributed by atoms with Crippen LogP contribution in [0.4, 0.5) is 11.4 Å². The molecule has 0 saturated carbocycles. The molecule has 2 heterocycles. The predicted molar refractivity (Wildman–Crippen MR) is 96.8 cm³/mol. The van der Waals surface area contributed by atoms with Crippen molar-refractivity contribution in [2.75, 3.05) is 22.9 Å². The van der Waals surface area contributed by atoms with Crippen LogP contribution in [0.15, 0.2) is 36.3 Å². The van der Waals surface area contributed by atoms with Gasteiger partial charge in [-0.05, 0) is 50.1 Å². The van der Waals surface area contributed by atoms with Gasteiger partial charge >= 0.3 is 0 Å². The Kier molecular flexibility index (Phi) is 4.41. The standard InChI is InChI=1S/C18H18ClN5/c1-4-23-14-8-6-7-9-15(14)24(5-2)17(23)13(10-20)16-12(3)11-21-18(19)22-16/h6-9,11H,4-5H2,1-3H3. The highest BCUT2D eigenvalue weighted by molar-refractivity contribution is 6.28. The van der Waals surface area contributed by atoms with E-state index in [9.17, 15) is 5.26 Å². The molecule has 0 amide bonds. The lowest BCUT2D eigenvalue weighted by Gasteiger charge is -2.25. The lowest BCUT2D eigenvalue weighted by Crippen LogP contribution is -2.29. The van der Waals surface area contributed by atoms with Crippen LogP contribution in [0.3, 0.4) is 0 Å². The third-order valence-electron chi connectivity index (χ3n) is 4.12. The van der Waals surface area contributed by atoms with E-state index >= 15 is 0 Å². The Bertz CT molecular complexity index is 820. The summed E-state index contributed by atoms with van der Waals surface area (Å²) in [6, 6.07) is 10.5. The molecule has 1 aromatic carbocycles. The SMILES string of the molecule is CCN1C(=C(C#N)c2nc(Cl)ncc2C)N(CC)c2ccccc21. The summed E-state index contributed by atoms with van der Waals surface area (Å²) in [7, 11) is 0. The lowest BCUT2D eigenvalue weighted by atomic mass is 10.1. The van der Waals surface area contributed by atoms with Crippen LogP contribution in [-0.2, 0) is 0 Å². The van der Waals surface area contributed by atoms with Crippen molar-refractivity contribution in [2.45, 2.75) is 20.8 Å². The molecule has 5 nitrogen and oxygen atoms in total. The summed E-state index contributed by atoms with van der Waals surface area (Å²) < 4.78 is 0. The summed E-state index contributed by atoms with van der Waals surface area (Å²) in [5.41, 5.74) is 4.12. The van der Waals surface area contributed by atoms with E-state index in [1.807, 2.05) is 19.1 Å². The smallest absolute Gasteiger partial charge is 0.222 e. The van der Waals surface area contributed by atoms with Gasteiger partial charge in [0.1, 0.15) is 17.5 Å². The molecule has 6 heteroatoms. The molecular formula is C18H18ClN5. The second kappa shape index (κ2) is 6.50. The number of aromatic nitrogens is 2. The van der Waals surface area contributed by atoms with Gasteiger partial charge in [-0.25, -0.2) is 9.97 Å². The van der Waals surface area contributed by atoms with Gasteiger partial charge in [-0.15, -0.1) is 0 Å². The van der Waals surface area contributed by atoms with Gasteiger partial charge in [-0.2, -0.15) is 5.26 Å². The fourth-order valence-corrected chi connectivity index (χ4v) is 3.22. The maximum Gasteiger partial charge on any atom is 0.222 e. The first-order valence-electron chi connectivity index (χ1n) is 7.90. The number of allylic oxidation sites excluding steroid dienone is 1. The lowest BCUT2D eigenvalue weighted by molar-refractivity contribution is 0.901. The van der Waals surface area contributed by atoms with Gasteiger partial charge in [0.15, 0.2) is 0 Å². The highest BCUT2D eigenvalue weighted by Gasteiger charge is 2.33. The van der Waals surface area contributed by atoms with E-state index in [-0.39, 0.29) is 5.28 Å². The van der Waals surface area contributed by atoms with Crippen LogP contribution in [0.25, 0.3) is 5.57 Å². The van der Waals surface area contributed by atoms with Crippen LogP contribution in [0.2, 0.25) is 5.28 Å². The van der Waals surface area contributed by atoms with Crippen molar-refractivity contribution in [3.63, 3.8) is 0 Å². The fourth-order valence-electron chi connectivity index (χ4n) is 3.09. The highest BCUT2D eigenvalue weighted by atomic mass is 35.5. The Morgan fingerprint density at radius 1 is 1.17 bits per heavy atom. The van der Waals surface area contributed by atoms with Crippen LogP contribution in [-0.4, -0.2) is 23.1 Å². The average Bonchev–Trinajstić information content (AvgIpc) is 2.92. The van der Waals surface area contributed by atoms with Crippen LogP contribution < -0.4 is 9.80 Å². The Labute approximate surface area is 146 Å². The first-order valence-corrected chi connectivity index (χ1v) is 8.28. The van der Waals surface area contributed by atoms with Crippen molar-refractivity contribution in [3.8, 4) is 6.07 Å². The fraction of sp³-hybridized carbons (Fsp3) is 0.278. The number of anilines is 2. The molecule has 1 aliphatic heterocycles. The molecule has 1 aliphatic rings. The van der Waals surface area contributed by atoms with Crippen molar-refractivity contribution < 1.29 is 0 Å². The number of nitrogens with zero attached hydrogens (tertiary/aromatic N) is 5. The molecule has 2 aromatic rings. The van der Waals surface area contributed by atoms with Gasteiger partial charge in [0, 0.05) is 19.3 Å². The van der Waals surface area contributed by atoms with Crippen molar-refractivity contribution in [1.82, 2.24) is 9.97 Å². The number of aryl methyl sites for hydroxylation is 1. The molecular weight excluding hydrogens is 322 g/mol. The first-order chi connectivity index (χ1) is 11.6.